The van der Waals surface area contributed by atoms with E-state index in [-0.39, 0.29) is 5.56 Å². The van der Waals surface area contributed by atoms with E-state index in [9.17, 15) is 4.79 Å². The highest BCUT2D eigenvalue weighted by Gasteiger charge is 2.12. The number of hydrogen-bond donors (Lipinski definition) is 0. The van der Waals surface area contributed by atoms with Gasteiger partial charge in [-0.3, -0.25) is 9.78 Å². The second-order valence-corrected chi connectivity index (χ2v) is 5.93. The largest absolute Gasteiger partial charge is 0.284 e. The summed E-state index contributed by atoms with van der Waals surface area (Å²) in [6.07, 6.45) is 1.59. The first-order valence-electron chi connectivity index (χ1n) is 6.19. The van der Waals surface area contributed by atoms with Crippen molar-refractivity contribution in [3.63, 3.8) is 0 Å². The van der Waals surface area contributed by atoms with Crippen molar-refractivity contribution in [2.45, 2.75) is 13.8 Å². The molecule has 20 heavy (non-hydrogen) atoms. The molecular weight excluding hydrogens is 272 g/mol. The van der Waals surface area contributed by atoms with Gasteiger partial charge in [0.15, 0.2) is 0 Å². The minimum atomic E-state index is -0.162. The Morgan fingerprint density at radius 1 is 1.20 bits per heavy atom. The molecule has 0 spiro atoms. The molecule has 0 radical (unpaired) electrons. The molecule has 3 heterocycles. The second kappa shape index (κ2) is 3.83. The number of hydrogen-bond acceptors (Lipinski definition) is 5. The molecule has 6 heteroatoms. The lowest BCUT2D eigenvalue weighted by molar-refractivity contribution is 0.895. The van der Waals surface area contributed by atoms with Crippen LogP contribution in [-0.2, 0) is 0 Å². The van der Waals surface area contributed by atoms with Gasteiger partial charge >= 0.3 is 0 Å². The molecule has 5 nitrogen and oxygen atoms in total. The molecule has 0 unspecified atom stereocenters. The Bertz CT molecular complexity index is 1050. The van der Waals surface area contributed by atoms with E-state index in [4.69, 9.17) is 0 Å². The molecule has 0 saturated heterocycles. The van der Waals surface area contributed by atoms with Gasteiger partial charge in [0.05, 0.1) is 16.4 Å². The first-order chi connectivity index (χ1) is 9.63. The molecular formula is C14H10N4OS. The van der Waals surface area contributed by atoms with Crippen molar-refractivity contribution in [2.24, 2.45) is 0 Å². The molecule has 3 aromatic heterocycles. The standard InChI is InChI=1S/C14H10N4OS/c1-7-3-4-11-9(5-7)12-10(6-15-11)13(19)18-14(16-12)20-8(2)17-18/h3-6H,1-2H3. The van der Waals surface area contributed by atoms with E-state index in [2.05, 4.69) is 15.1 Å². The molecule has 0 aliphatic rings. The Labute approximate surface area is 117 Å². The zero-order chi connectivity index (χ0) is 13.9. The molecule has 0 aliphatic carbocycles. The number of pyridine rings is 1. The van der Waals surface area contributed by atoms with Crippen molar-refractivity contribution in [1.29, 1.82) is 0 Å². The van der Waals surface area contributed by atoms with Crippen LogP contribution in [0, 0.1) is 13.8 Å². The molecule has 4 rings (SSSR count). The van der Waals surface area contributed by atoms with Gasteiger partial charge in [0.25, 0.3) is 5.56 Å². The normalized spacial score (nSPS) is 11.7. The Hall–Kier alpha value is -2.34. The minimum absolute atomic E-state index is 0.162. The third-order valence-electron chi connectivity index (χ3n) is 3.29. The minimum Gasteiger partial charge on any atom is -0.266 e. The molecule has 0 bridgehead atoms. The van der Waals surface area contributed by atoms with Crippen LogP contribution >= 0.6 is 11.3 Å². The summed E-state index contributed by atoms with van der Waals surface area (Å²) in [7, 11) is 0. The predicted octanol–water partition coefficient (Wildman–Crippen LogP) is 2.47. The number of benzene rings is 1. The SMILES string of the molecule is Cc1ccc2ncc3c(=O)n4nc(C)sc4nc3c2c1. The average Bonchev–Trinajstić information content (AvgIpc) is 2.80. The Kier molecular flexibility index (Phi) is 2.20. The van der Waals surface area contributed by atoms with Crippen LogP contribution in [0.3, 0.4) is 0 Å². The molecule has 0 amide bonds. The van der Waals surface area contributed by atoms with E-state index < -0.39 is 0 Å². The summed E-state index contributed by atoms with van der Waals surface area (Å²) >= 11 is 1.41. The summed E-state index contributed by atoms with van der Waals surface area (Å²) in [6.45, 7) is 3.88. The third kappa shape index (κ3) is 1.48. The summed E-state index contributed by atoms with van der Waals surface area (Å²) < 4.78 is 1.35. The molecule has 4 aromatic rings. The van der Waals surface area contributed by atoms with E-state index in [1.165, 1.54) is 15.9 Å². The Morgan fingerprint density at radius 3 is 2.90 bits per heavy atom. The molecule has 0 aliphatic heterocycles. The zero-order valence-electron chi connectivity index (χ0n) is 10.9. The first-order valence-corrected chi connectivity index (χ1v) is 7.01. The fourth-order valence-electron chi connectivity index (χ4n) is 2.36. The maximum absolute atomic E-state index is 12.5. The van der Waals surface area contributed by atoms with Crippen molar-refractivity contribution in [3.05, 3.63) is 45.3 Å². The van der Waals surface area contributed by atoms with Crippen molar-refractivity contribution < 1.29 is 0 Å². The molecule has 1 aromatic carbocycles. The quantitative estimate of drug-likeness (QED) is 0.465. The van der Waals surface area contributed by atoms with Crippen molar-refractivity contribution in [2.75, 3.05) is 0 Å². The highest BCUT2D eigenvalue weighted by atomic mass is 32.1. The molecule has 0 atom stereocenters. The number of fused-ring (bicyclic) bond motifs is 4. The Morgan fingerprint density at radius 2 is 2.05 bits per heavy atom. The van der Waals surface area contributed by atoms with E-state index in [0.717, 1.165) is 21.5 Å². The van der Waals surface area contributed by atoms with E-state index in [1.54, 1.807) is 6.20 Å². The van der Waals surface area contributed by atoms with Crippen LogP contribution in [0.15, 0.2) is 29.2 Å². The van der Waals surface area contributed by atoms with Crippen LogP contribution in [0.2, 0.25) is 0 Å². The first kappa shape index (κ1) is 11.5. The maximum Gasteiger partial charge on any atom is 0.284 e. The molecule has 0 saturated carbocycles. The second-order valence-electron chi connectivity index (χ2n) is 4.77. The molecule has 0 fully saturated rings. The zero-order valence-corrected chi connectivity index (χ0v) is 11.7. The summed E-state index contributed by atoms with van der Waals surface area (Å²) in [5.41, 5.74) is 2.51. The monoisotopic (exact) mass is 282 g/mol. The van der Waals surface area contributed by atoms with Crippen molar-refractivity contribution >= 4 is 38.1 Å². The van der Waals surface area contributed by atoms with Crippen LogP contribution in [0.25, 0.3) is 26.8 Å². The van der Waals surface area contributed by atoms with E-state index in [1.807, 2.05) is 32.0 Å². The van der Waals surface area contributed by atoms with Crippen molar-refractivity contribution in [1.82, 2.24) is 19.6 Å². The Balaban J connectivity index is 2.32. The summed E-state index contributed by atoms with van der Waals surface area (Å²) in [5.74, 6) is 0. The van der Waals surface area contributed by atoms with Gasteiger partial charge in [-0.15, -0.1) is 0 Å². The predicted molar refractivity (Wildman–Crippen MR) is 79.4 cm³/mol. The van der Waals surface area contributed by atoms with Gasteiger partial charge in [-0.25, -0.2) is 4.98 Å². The van der Waals surface area contributed by atoms with Crippen LogP contribution < -0.4 is 5.56 Å². The number of aromatic nitrogens is 4. The van der Waals surface area contributed by atoms with Crippen LogP contribution in [-0.4, -0.2) is 19.6 Å². The van der Waals surface area contributed by atoms with Gasteiger partial charge in [0.2, 0.25) is 4.96 Å². The topological polar surface area (TPSA) is 60.2 Å². The average molecular weight is 282 g/mol. The van der Waals surface area contributed by atoms with Crippen LogP contribution in [0.5, 0.6) is 0 Å². The fraction of sp³-hybridized carbons (Fsp3) is 0.143. The fourth-order valence-corrected chi connectivity index (χ4v) is 3.09. The number of aryl methyl sites for hydroxylation is 2. The number of nitrogens with zero attached hydrogens (tertiary/aromatic N) is 4. The smallest absolute Gasteiger partial charge is 0.266 e. The van der Waals surface area contributed by atoms with Gasteiger partial charge in [0, 0.05) is 11.6 Å². The number of rotatable bonds is 0. The molecule has 0 N–H and O–H groups in total. The van der Waals surface area contributed by atoms with E-state index in [0.29, 0.717) is 15.9 Å². The molecule has 98 valence electrons. The van der Waals surface area contributed by atoms with Crippen LogP contribution in [0.4, 0.5) is 0 Å². The highest BCUT2D eigenvalue weighted by molar-refractivity contribution is 7.16. The van der Waals surface area contributed by atoms with Gasteiger partial charge in [-0.1, -0.05) is 23.0 Å². The lowest BCUT2D eigenvalue weighted by Crippen LogP contribution is -2.15. The lowest BCUT2D eigenvalue weighted by Gasteiger charge is -2.03. The van der Waals surface area contributed by atoms with Crippen molar-refractivity contribution in [3.8, 4) is 0 Å². The highest BCUT2D eigenvalue weighted by Crippen LogP contribution is 2.22. The van der Waals surface area contributed by atoms with Gasteiger partial charge in [-0.05, 0) is 26.0 Å². The van der Waals surface area contributed by atoms with E-state index >= 15 is 0 Å². The summed E-state index contributed by atoms with van der Waals surface area (Å²) in [6, 6.07) is 5.97. The van der Waals surface area contributed by atoms with Gasteiger partial charge in [-0.2, -0.15) is 9.61 Å². The van der Waals surface area contributed by atoms with Gasteiger partial charge < -0.3 is 0 Å². The maximum atomic E-state index is 12.5. The summed E-state index contributed by atoms with van der Waals surface area (Å²) in [5, 5.41) is 6.43. The lowest BCUT2D eigenvalue weighted by atomic mass is 10.1. The summed E-state index contributed by atoms with van der Waals surface area (Å²) in [4.78, 5) is 22.0. The van der Waals surface area contributed by atoms with Crippen LogP contribution in [0.1, 0.15) is 10.6 Å². The van der Waals surface area contributed by atoms with Gasteiger partial charge in [0.1, 0.15) is 5.01 Å². The third-order valence-corrected chi connectivity index (χ3v) is 4.11.